The first-order valence-corrected chi connectivity index (χ1v) is 12.7. The Bertz CT molecular complexity index is 429. The van der Waals surface area contributed by atoms with Crippen molar-refractivity contribution in [3.05, 3.63) is 0 Å². The Morgan fingerprint density at radius 3 is 1.66 bits per heavy atom. The smallest absolute Gasteiger partial charge is 0.308 e. The molecule has 0 aliphatic rings. The lowest BCUT2D eigenvalue weighted by Crippen LogP contribution is -2.20. The van der Waals surface area contributed by atoms with Crippen LogP contribution in [0.2, 0.25) is 0 Å². The third-order valence-electron chi connectivity index (χ3n) is 5.17. The minimum Gasteiger partial charge on any atom is -0.463 e. The Kier molecular flexibility index (Phi) is 23.6. The summed E-state index contributed by atoms with van der Waals surface area (Å²) in [5.41, 5.74) is 0. The predicted molar refractivity (Wildman–Crippen MR) is 126 cm³/mol. The Labute approximate surface area is 195 Å². The van der Waals surface area contributed by atoms with Gasteiger partial charge in [-0.15, -0.1) is 0 Å². The van der Waals surface area contributed by atoms with Crippen molar-refractivity contribution >= 4 is 11.9 Å². The van der Waals surface area contributed by atoms with Crippen LogP contribution in [-0.2, 0) is 33.3 Å². The summed E-state index contributed by atoms with van der Waals surface area (Å²) in [6, 6.07) is 0. The predicted octanol–water partition coefficient (Wildman–Crippen LogP) is 5.09. The van der Waals surface area contributed by atoms with Crippen molar-refractivity contribution < 1.29 is 33.3 Å². The van der Waals surface area contributed by atoms with E-state index in [9.17, 15) is 9.59 Å². The van der Waals surface area contributed by atoms with E-state index >= 15 is 0 Å². The molecule has 0 rings (SSSR count). The average molecular weight is 461 g/mol. The Morgan fingerprint density at radius 1 is 0.594 bits per heavy atom. The van der Waals surface area contributed by atoms with Crippen LogP contribution in [0.15, 0.2) is 0 Å². The van der Waals surface area contributed by atoms with Crippen LogP contribution in [0.1, 0.15) is 91.4 Å². The number of carbonyl (C=O) groups excluding carboxylic acids is 2. The third kappa shape index (κ3) is 20.7. The molecule has 0 aromatic heterocycles. The minimum atomic E-state index is -0.144. The van der Waals surface area contributed by atoms with Gasteiger partial charge in [-0.2, -0.15) is 0 Å². The lowest BCUT2D eigenvalue weighted by molar-refractivity contribution is -0.150. The highest BCUT2D eigenvalue weighted by Crippen LogP contribution is 2.14. The summed E-state index contributed by atoms with van der Waals surface area (Å²) in [6.45, 7) is 9.46. The second-order valence-electron chi connectivity index (χ2n) is 7.99. The Hall–Kier alpha value is -1.18. The van der Waals surface area contributed by atoms with E-state index in [1.807, 2.05) is 6.92 Å². The van der Waals surface area contributed by atoms with Gasteiger partial charge in [0, 0.05) is 6.42 Å². The summed E-state index contributed by atoms with van der Waals surface area (Å²) in [4.78, 5) is 23.5. The van der Waals surface area contributed by atoms with Gasteiger partial charge in [0.1, 0.15) is 13.2 Å². The third-order valence-corrected chi connectivity index (χ3v) is 5.17. The molecule has 190 valence electrons. The maximum absolute atomic E-state index is 11.9. The molecule has 0 spiro atoms. The molecule has 0 radical (unpaired) electrons. The van der Waals surface area contributed by atoms with Crippen LogP contribution >= 0.6 is 0 Å². The number of ether oxygens (including phenoxy) is 5. The first-order chi connectivity index (χ1) is 15.7. The molecule has 0 saturated heterocycles. The van der Waals surface area contributed by atoms with Crippen molar-refractivity contribution in [3.63, 3.8) is 0 Å². The monoisotopic (exact) mass is 460 g/mol. The normalized spacial score (nSPS) is 12.0. The van der Waals surface area contributed by atoms with Crippen LogP contribution in [0, 0.1) is 5.92 Å². The van der Waals surface area contributed by atoms with Crippen molar-refractivity contribution in [2.75, 3.05) is 52.9 Å². The molecule has 0 amide bonds. The Morgan fingerprint density at radius 2 is 1.09 bits per heavy atom. The number of esters is 2. The largest absolute Gasteiger partial charge is 0.463 e. The molecule has 0 bridgehead atoms. The summed E-state index contributed by atoms with van der Waals surface area (Å²) in [7, 11) is 0. The summed E-state index contributed by atoms with van der Waals surface area (Å²) in [5.74, 6) is -0.262. The summed E-state index contributed by atoms with van der Waals surface area (Å²) < 4.78 is 26.6. The van der Waals surface area contributed by atoms with Crippen LogP contribution in [0.3, 0.4) is 0 Å². The second kappa shape index (κ2) is 24.5. The summed E-state index contributed by atoms with van der Waals surface area (Å²) >= 11 is 0. The van der Waals surface area contributed by atoms with Crippen molar-refractivity contribution in [3.8, 4) is 0 Å². The van der Waals surface area contributed by atoms with Gasteiger partial charge in [-0.25, -0.2) is 0 Å². The van der Waals surface area contributed by atoms with E-state index in [-0.39, 0.29) is 31.1 Å². The van der Waals surface area contributed by atoms with E-state index in [0.29, 0.717) is 46.1 Å². The molecule has 32 heavy (non-hydrogen) atoms. The fraction of sp³-hybridized carbons (Fsp3) is 0.920. The van der Waals surface area contributed by atoms with Crippen molar-refractivity contribution in [2.45, 2.75) is 91.4 Å². The summed E-state index contributed by atoms with van der Waals surface area (Å²) in [6.07, 6.45) is 11.3. The van der Waals surface area contributed by atoms with Gasteiger partial charge in [0.15, 0.2) is 0 Å². The maximum Gasteiger partial charge on any atom is 0.308 e. The number of hydrogen-bond acceptors (Lipinski definition) is 7. The quantitative estimate of drug-likeness (QED) is 0.147. The van der Waals surface area contributed by atoms with Crippen molar-refractivity contribution in [2.24, 2.45) is 5.92 Å². The maximum atomic E-state index is 11.9. The molecule has 0 aromatic rings. The highest BCUT2D eigenvalue weighted by atomic mass is 16.6. The fourth-order valence-corrected chi connectivity index (χ4v) is 3.14. The lowest BCUT2D eigenvalue weighted by Gasteiger charge is -2.13. The highest BCUT2D eigenvalue weighted by Gasteiger charge is 2.16. The zero-order valence-corrected chi connectivity index (χ0v) is 20.9. The zero-order valence-electron chi connectivity index (χ0n) is 20.9. The minimum absolute atomic E-state index is 0.00197. The van der Waals surface area contributed by atoms with Gasteiger partial charge in [0.05, 0.1) is 45.6 Å². The average Bonchev–Trinajstić information content (AvgIpc) is 2.79. The van der Waals surface area contributed by atoms with Gasteiger partial charge in [0.2, 0.25) is 0 Å². The van der Waals surface area contributed by atoms with E-state index in [1.54, 1.807) is 0 Å². The lowest BCUT2D eigenvalue weighted by atomic mass is 10.00. The molecule has 7 heteroatoms. The molecule has 0 saturated carbocycles. The van der Waals surface area contributed by atoms with Crippen LogP contribution in [-0.4, -0.2) is 64.8 Å². The zero-order chi connectivity index (χ0) is 23.7. The molecular weight excluding hydrogens is 412 g/mol. The molecule has 0 aromatic carbocycles. The van der Waals surface area contributed by atoms with E-state index in [1.165, 1.54) is 25.7 Å². The van der Waals surface area contributed by atoms with E-state index in [0.717, 1.165) is 38.5 Å². The molecule has 1 atom stereocenters. The highest BCUT2D eigenvalue weighted by molar-refractivity contribution is 5.72. The number of carbonyl (C=O) groups is 2. The first-order valence-electron chi connectivity index (χ1n) is 12.7. The second-order valence-corrected chi connectivity index (χ2v) is 7.99. The molecular formula is C25H48O7. The van der Waals surface area contributed by atoms with Crippen LogP contribution in [0.4, 0.5) is 0 Å². The van der Waals surface area contributed by atoms with Crippen LogP contribution in [0.5, 0.6) is 0 Å². The molecule has 0 aliphatic heterocycles. The number of hydrogen-bond donors (Lipinski definition) is 0. The molecule has 7 nitrogen and oxygen atoms in total. The Balaban J connectivity index is 3.32. The van der Waals surface area contributed by atoms with Gasteiger partial charge in [-0.05, 0) is 19.3 Å². The van der Waals surface area contributed by atoms with Gasteiger partial charge < -0.3 is 23.7 Å². The summed E-state index contributed by atoms with van der Waals surface area (Å²) in [5, 5.41) is 0. The van der Waals surface area contributed by atoms with Gasteiger partial charge in [-0.1, -0.05) is 65.7 Å². The molecule has 1 unspecified atom stereocenters. The van der Waals surface area contributed by atoms with Gasteiger partial charge >= 0.3 is 11.9 Å². The van der Waals surface area contributed by atoms with Crippen molar-refractivity contribution in [1.29, 1.82) is 0 Å². The molecule has 0 heterocycles. The molecule has 0 N–H and O–H groups in total. The number of unbranched alkanes of at least 4 members (excludes halogenated alkanes) is 6. The fourth-order valence-electron chi connectivity index (χ4n) is 3.14. The van der Waals surface area contributed by atoms with Gasteiger partial charge in [-0.3, -0.25) is 9.59 Å². The van der Waals surface area contributed by atoms with Crippen LogP contribution in [0.25, 0.3) is 0 Å². The van der Waals surface area contributed by atoms with Gasteiger partial charge in [0.25, 0.3) is 0 Å². The SMILES string of the molecule is CCCCCCCCC(=O)OCCOCCOCCOCCOC(=O)C(CC)CCCC. The molecule has 0 aliphatic carbocycles. The molecule has 0 fully saturated rings. The van der Waals surface area contributed by atoms with E-state index in [2.05, 4.69) is 13.8 Å². The van der Waals surface area contributed by atoms with E-state index in [4.69, 9.17) is 23.7 Å². The topological polar surface area (TPSA) is 80.3 Å². The number of rotatable bonds is 24. The van der Waals surface area contributed by atoms with Crippen LogP contribution < -0.4 is 0 Å². The standard InChI is InChI=1S/C25H48O7/c1-4-7-9-10-11-12-14-24(26)31-21-19-29-17-15-28-16-18-30-20-22-32-25(27)23(6-3)13-8-5-2/h23H,4-22H2,1-3H3. The first kappa shape index (κ1) is 30.8. The van der Waals surface area contributed by atoms with E-state index < -0.39 is 0 Å². The van der Waals surface area contributed by atoms with Crippen molar-refractivity contribution in [1.82, 2.24) is 0 Å².